The van der Waals surface area contributed by atoms with E-state index in [0.717, 1.165) is 11.3 Å². The smallest absolute Gasteiger partial charge is 0.138 e. The van der Waals surface area contributed by atoms with Crippen molar-refractivity contribution < 1.29 is 0 Å². The minimum Gasteiger partial charge on any atom is -0.312 e. The van der Waals surface area contributed by atoms with Crippen molar-refractivity contribution in [1.29, 1.82) is 0 Å². The quantitative estimate of drug-likeness (QED) is 0.822. The lowest BCUT2D eigenvalue weighted by molar-refractivity contribution is 0.637. The first-order valence-electron chi connectivity index (χ1n) is 4.52. The first-order valence-corrected chi connectivity index (χ1v) is 4.90. The van der Waals surface area contributed by atoms with Crippen LogP contribution in [-0.2, 0) is 0 Å². The molecule has 0 aromatic carbocycles. The number of halogens is 1. The van der Waals surface area contributed by atoms with Crippen molar-refractivity contribution in [3.8, 4) is 0 Å². The number of hydrogen-bond donors (Lipinski definition) is 1. The summed E-state index contributed by atoms with van der Waals surface area (Å²) in [5.41, 5.74) is 1.91. The highest BCUT2D eigenvalue weighted by molar-refractivity contribution is 6.30. The standard InChI is InChI=1S/C10H12ClN3/c1-7(12-2)9-6-14-4-3-8(11)5-10(14)13-9/h3-7,12H,1-2H3. The highest BCUT2D eigenvalue weighted by atomic mass is 35.5. The zero-order chi connectivity index (χ0) is 10.1. The molecular formula is C10H12ClN3. The maximum atomic E-state index is 5.87. The number of pyridine rings is 1. The second kappa shape index (κ2) is 3.59. The second-order valence-corrected chi connectivity index (χ2v) is 3.72. The first kappa shape index (κ1) is 9.49. The van der Waals surface area contributed by atoms with Crippen LogP contribution >= 0.6 is 11.6 Å². The average molecular weight is 210 g/mol. The Morgan fingerprint density at radius 1 is 1.57 bits per heavy atom. The summed E-state index contributed by atoms with van der Waals surface area (Å²) in [5, 5.41) is 3.86. The van der Waals surface area contributed by atoms with Crippen molar-refractivity contribution in [1.82, 2.24) is 14.7 Å². The Morgan fingerprint density at radius 2 is 2.36 bits per heavy atom. The Kier molecular flexibility index (Phi) is 2.44. The van der Waals surface area contributed by atoms with Crippen LogP contribution in [0.5, 0.6) is 0 Å². The Hall–Kier alpha value is -1.06. The van der Waals surface area contributed by atoms with E-state index >= 15 is 0 Å². The summed E-state index contributed by atoms with van der Waals surface area (Å²) in [6.07, 6.45) is 3.92. The monoisotopic (exact) mass is 209 g/mol. The number of aromatic nitrogens is 2. The van der Waals surface area contributed by atoms with Gasteiger partial charge in [-0.2, -0.15) is 0 Å². The van der Waals surface area contributed by atoms with E-state index in [-0.39, 0.29) is 6.04 Å². The van der Waals surface area contributed by atoms with E-state index in [9.17, 15) is 0 Å². The van der Waals surface area contributed by atoms with Gasteiger partial charge in [0.05, 0.1) is 5.69 Å². The lowest BCUT2D eigenvalue weighted by Gasteiger charge is -2.03. The van der Waals surface area contributed by atoms with Crippen molar-refractivity contribution >= 4 is 17.2 Å². The van der Waals surface area contributed by atoms with Gasteiger partial charge in [0.25, 0.3) is 0 Å². The van der Waals surface area contributed by atoms with Crippen LogP contribution in [0.3, 0.4) is 0 Å². The maximum Gasteiger partial charge on any atom is 0.138 e. The minimum absolute atomic E-state index is 0.258. The predicted octanol–water partition coefficient (Wildman–Crippen LogP) is 2.27. The molecule has 3 nitrogen and oxygen atoms in total. The zero-order valence-electron chi connectivity index (χ0n) is 8.16. The van der Waals surface area contributed by atoms with Gasteiger partial charge in [0.2, 0.25) is 0 Å². The van der Waals surface area contributed by atoms with Gasteiger partial charge in [0.15, 0.2) is 0 Å². The van der Waals surface area contributed by atoms with Crippen LogP contribution in [-0.4, -0.2) is 16.4 Å². The summed E-state index contributed by atoms with van der Waals surface area (Å²) in [4.78, 5) is 4.46. The summed E-state index contributed by atoms with van der Waals surface area (Å²) in [5.74, 6) is 0. The van der Waals surface area contributed by atoms with E-state index in [0.29, 0.717) is 5.02 Å². The first-order chi connectivity index (χ1) is 6.70. The Bertz CT molecular complexity index is 450. The van der Waals surface area contributed by atoms with Crippen LogP contribution < -0.4 is 5.32 Å². The van der Waals surface area contributed by atoms with E-state index in [1.807, 2.05) is 36.0 Å². The molecule has 2 heterocycles. The third-order valence-corrected chi connectivity index (χ3v) is 2.55. The van der Waals surface area contributed by atoms with Crippen LogP contribution in [0.4, 0.5) is 0 Å². The van der Waals surface area contributed by atoms with Crippen molar-refractivity contribution in [3.05, 3.63) is 35.2 Å². The van der Waals surface area contributed by atoms with Gasteiger partial charge in [-0.05, 0) is 26.1 Å². The molecule has 1 N–H and O–H groups in total. The minimum atomic E-state index is 0.258. The molecule has 74 valence electrons. The molecule has 0 amide bonds. The van der Waals surface area contributed by atoms with E-state index in [2.05, 4.69) is 17.2 Å². The third kappa shape index (κ3) is 1.61. The fourth-order valence-electron chi connectivity index (χ4n) is 1.33. The molecule has 14 heavy (non-hydrogen) atoms. The number of rotatable bonds is 2. The molecule has 0 radical (unpaired) electrons. The normalized spacial score (nSPS) is 13.4. The summed E-state index contributed by atoms with van der Waals surface area (Å²) >= 11 is 5.87. The maximum absolute atomic E-state index is 5.87. The highest BCUT2D eigenvalue weighted by Gasteiger charge is 2.07. The molecule has 0 saturated carbocycles. The van der Waals surface area contributed by atoms with Gasteiger partial charge in [-0.3, -0.25) is 0 Å². The molecule has 0 bridgehead atoms. The molecule has 0 aliphatic heterocycles. The van der Waals surface area contributed by atoms with Crippen LogP contribution in [0.2, 0.25) is 5.02 Å². The van der Waals surface area contributed by atoms with Crippen molar-refractivity contribution in [2.24, 2.45) is 0 Å². The third-order valence-electron chi connectivity index (χ3n) is 2.32. The van der Waals surface area contributed by atoms with Gasteiger partial charge < -0.3 is 9.72 Å². The lowest BCUT2D eigenvalue weighted by Crippen LogP contribution is -2.12. The molecule has 1 atom stereocenters. The summed E-state index contributed by atoms with van der Waals surface area (Å²) < 4.78 is 1.97. The molecule has 0 aliphatic carbocycles. The van der Waals surface area contributed by atoms with Crippen LogP contribution in [0, 0.1) is 0 Å². The van der Waals surface area contributed by atoms with E-state index in [4.69, 9.17) is 11.6 Å². The van der Waals surface area contributed by atoms with E-state index in [1.165, 1.54) is 0 Å². The molecule has 0 spiro atoms. The van der Waals surface area contributed by atoms with Gasteiger partial charge in [-0.1, -0.05) is 11.6 Å². The van der Waals surface area contributed by atoms with Crippen LogP contribution in [0.1, 0.15) is 18.7 Å². The molecule has 4 heteroatoms. The summed E-state index contributed by atoms with van der Waals surface area (Å²) in [7, 11) is 1.92. The fraction of sp³-hybridized carbons (Fsp3) is 0.300. The van der Waals surface area contributed by atoms with E-state index < -0.39 is 0 Å². The predicted molar refractivity (Wildman–Crippen MR) is 57.7 cm³/mol. The van der Waals surface area contributed by atoms with Crippen molar-refractivity contribution in [2.45, 2.75) is 13.0 Å². The lowest BCUT2D eigenvalue weighted by atomic mass is 10.3. The summed E-state index contributed by atoms with van der Waals surface area (Å²) in [6.45, 7) is 2.07. The van der Waals surface area contributed by atoms with Gasteiger partial charge in [-0.15, -0.1) is 0 Å². The van der Waals surface area contributed by atoms with Gasteiger partial charge >= 0.3 is 0 Å². The molecule has 2 rings (SSSR count). The Morgan fingerprint density at radius 3 is 3.07 bits per heavy atom. The van der Waals surface area contributed by atoms with Crippen LogP contribution in [0.25, 0.3) is 5.65 Å². The molecule has 0 fully saturated rings. The Labute approximate surface area is 87.7 Å². The number of fused-ring (bicyclic) bond motifs is 1. The molecule has 2 aromatic rings. The van der Waals surface area contributed by atoms with Gasteiger partial charge in [0, 0.05) is 23.5 Å². The van der Waals surface area contributed by atoms with E-state index in [1.54, 1.807) is 0 Å². The SMILES string of the molecule is CNC(C)c1cn2ccc(Cl)cc2n1. The second-order valence-electron chi connectivity index (χ2n) is 3.29. The molecular weight excluding hydrogens is 198 g/mol. The number of nitrogens with one attached hydrogen (secondary N) is 1. The zero-order valence-corrected chi connectivity index (χ0v) is 8.92. The number of hydrogen-bond acceptors (Lipinski definition) is 2. The van der Waals surface area contributed by atoms with Gasteiger partial charge in [-0.25, -0.2) is 4.98 Å². The average Bonchev–Trinajstić information content (AvgIpc) is 2.59. The highest BCUT2D eigenvalue weighted by Crippen LogP contribution is 2.15. The largest absolute Gasteiger partial charge is 0.312 e. The van der Waals surface area contributed by atoms with Crippen LogP contribution in [0.15, 0.2) is 24.5 Å². The number of imidazole rings is 1. The molecule has 0 saturated heterocycles. The van der Waals surface area contributed by atoms with Crippen molar-refractivity contribution in [2.75, 3.05) is 7.05 Å². The van der Waals surface area contributed by atoms with Gasteiger partial charge in [0.1, 0.15) is 5.65 Å². The molecule has 0 aliphatic rings. The van der Waals surface area contributed by atoms with Crippen molar-refractivity contribution in [3.63, 3.8) is 0 Å². The molecule has 2 aromatic heterocycles. The molecule has 1 unspecified atom stereocenters. The summed E-state index contributed by atoms with van der Waals surface area (Å²) in [6, 6.07) is 3.96. The Balaban J connectivity index is 2.51. The number of nitrogens with zero attached hydrogens (tertiary/aromatic N) is 2. The fourth-order valence-corrected chi connectivity index (χ4v) is 1.49. The topological polar surface area (TPSA) is 29.3 Å².